The largest absolute Gasteiger partial charge is 0.497 e. The molecular formula is C28H27N7O2. The smallest absolute Gasteiger partial charge is 0.274 e. The molecule has 0 aliphatic carbocycles. The van der Waals surface area contributed by atoms with Crippen molar-refractivity contribution in [2.45, 2.75) is 6.92 Å². The Balaban J connectivity index is 1.31. The van der Waals surface area contributed by atoms with Gasteiger partial charge < -0.3 is 14.5 Å². The van der Waals surface area contributed by atoms with Gasteiger partial charge in [0, 0.05) is 50.3 Å². The number of imidazole rings is 1. The van der Waals surface area contributed by atoms with E-state index in [1.54, 1.807) is 30.4 Å². The van der Waals surface area contributed by atoms with E-state index in [1.165, 1.54) is 11.3 Å². The maximum Gasteiger partial charge on any atom is 0.274 e. The highest BCUT2D eigenvalue weighted by Gasteiger charge is 2.27. The molecule has 4 heterocycles. The van der Waals surface area contributed by atoms with E-state index < -0.39 is 0 Å². The molecule has 1 aliphatic heterocycles. The van der Waals surface area contributed by atoms with Crippen LogP contribution in [0.4, 0.5) is 5.69 Å². The molecule has 5 aromatic rings. The minimum Gasteiger partial charge on any atom is -0.497 e. The van der Waals surface area contributed by atoms with Crippen LogP contribution in [0.3, 0.4) is 0 Å². The Morgan fingerprint density at radius 3 is 2.54 bits per heavy atom. The van der Waals surface area contributed by atoms with Crippen molar-refractivity contribution in [3.63, 3.8) is 0 Å². The fourth-order valence-electron chi connectivity index (χ4n) is 4.77. The number of aryl methyl sites for hydroxylation is 1. The summed E-state index contributed by atoms with van der Waals surface area (Å²) in [5.41, 5.74) is 5.08. The molecule has 0 radical (unpaired) electrons. The Hall–Kier alpha value is -4.66. The van der Waals surface area contributed by atoms with Gasteiger partial charge >= 0.3 is 0 Å². The van der Waals surface area contributed by atoms with E-state index in [0.29, 0.717) is 30.1 Å². The van der Waals surface area contributed by atoms with Crippen LogP contribution in [-0.4, -0.2) is 68.2 Å². The molecule has 2 aromatic carbocycles. The SMILES string of the molecule is COc1cccc(-n2nccc2-c2nc(C(=O)N3CCN(c4ccc(C)cc4)CC3)c3cnccn23)c1. The number of piperazine rings is 1. The lowest BCUT2D eigenvalue weighted by atomic mass is 10.2. The topological polar surface area (TPSA) is 80.8 Å². The number of fused-ring (bicyclic) bond motifs is 1. The minimum atomic E-state index is -0.0900. The number of rotatable bonds is 5. The van der Waals surface area contributed by atoms with Gasteiger partial charge in [0.15, 0.2) is 11.5 Å². The van der Waals surface area contributed by atoms with Crippen LogP contribution in [0.5, 0.6) is 5.75 Å². The average Bonchev–Trinajstić information content (AvgIpc) is 3.58. The molecule has 9 heteroatoms. The van der Waals surface area contributed by atoms with Crippen molar-refractivity contribution >= 4 is 17.1 Å². The third-order valence-corrected chi connectivity index (χ3v) is 6.78. The minimum absolute atomic E-state index is 0.0900. The van der Waals surface area contributed by atoms with Gasteiger partial charge in [-0.15, -0.1) is 0 Å². The summed E-state index contributed by atoms with van der Waals surface area (Å²) < 4.78 is 9.09. The number of anilines is 1. The maximum atomic E-state index is 13.7. The number of hydrogen-bond donors (Lipinski definition) is 0. The molecule has 1 fully saturated rings. The third kappa shape index (κ3) is 4.18. The zero-order valence-electron chi connectivity index (χ0n) is 20.8. The first kappa shape index (κ1) is 22.8. The molecule has 9 nitrogen and oxygen atoms in total. The lowest BCUT2D eigenvalue weighted by Crippen LogP contribution is -2.49. The molecule has 6 rings (SSSR count). The number of hydrogen-bond acceptors (Lipinski definition) is 6. The lowest BCUT2D eigenvalue weighted by Gasteiger charge is -2.36. The Kier molecular flexibility index (Phi) is 5.80. The molecule has 1 saturated heterocycles. The van der Waals surface area contributed by atoms with Crippen molar-refractivity contribution in [1.29, 1.82) is 0 Å². The highest BCUT2D eigenvalue weighted by molar-refractivity contribution is 6.00. The normalized spacial score (nSPS) is 13.8. The average molecular weight is 494 g/mol. The van der Waals surface area contributed by atoms with Crippen LogP contribution in [-0.2, 0) is 0 Å². The molecule has 1 amide bonds. The summed E-state index contributed by atoms with van der Waals surface area (Å²) in [4.78, 5) is 27.0. The summed E-state index contributed by atoms with van der Waals surface area (Å²) in [7, 11) is 1.64. The molecule has 0 saturated carbocycles. The molecule has 37 heavy (non-hydrogen) atoms. The number of carbonyl (C=O) groups is 1. The molecule has 0 N–H and O–H groups in total. The van der Waals surface area contributed by atoms with Crippen molar-refractivity contribution in [1.82, 2.24) is 29.0 Å². The quantitative estimate of drug-likeness (QED) is 0.370. The first-order valence-corrected chi connectivity index (χ1v) is 12.2. The van der Waals surface area contributed by atoms with Crippen molar-refractivity contribution in [2.24, 2.45) is 0 Å². The van der Waals surface area contributed by atoms with Gasteiger partial charge in [-0.1, -0.05) is 23.8 Å². The molecule has 0 spiro atoms. The Bertz CT molecular complexity index is 1560. The molecule has 0 atom stereocenters. The summed E-state index contributed by atoms with van der Waals surface area (Å²) in [6, 6.07) is 18.1. The maximum absolute atomic E-state index is 13.7. The second kappa shape index (κ2) is 9.42. The second-order valence-corrected chi connectivity index (χ2v) is 9.06. The van der Waals surface area contributed by atoms with Gasteiger partial charge in [-0.3, -0.25) is 14.2 Å². The first-order valence-electron chi connectivity index (χ1n) is 12.2. The highest BCUT2D eigenvalue weighted by Crippen LogP contribution is 2.27. The predicted molar refractivity (Wildman–Crippen MR) is 141 cm³/mol. The van der Waals surface area contributed by atoms with Crippen LogP contribution in [0, 0.1) is 6.92 Å². The number of carbonyl (C=O) groups excluding carboxylic acids is 1. The van der Waals surface area contributed by atoms with Crippen molar-refractivity contribution in [2.75, 3.05) is 38.2 Å². The summed E-state index contributed by atoms with van der Waals surface area (Å²) >= 11 is 0. The number of amides is 1. The van der Waals surface area contributed by atoms with Gasteiger partial charge in [-0.05, 0) is 37.3 Å². The van der Waals surface area contributed by atoms with Crippen LogP contribution in [0.15, 0.2) is 79.4 Å². The fraction of sp³-hybridized carbons (Fsp3) is 0.214. The van der Waals surface area contributed by atoms with Crippen molar-refractivity contribution < 1.29 is 9.53 Å². The van der Waals surface area contributed by atoms with E-state index in [-0.39, 0.29) is 5.91 Å². The van der Waals surface area contributed by atoms with Gasteiger partial charge in [0.2, 0.25) is 0 Å². The molecular weight excluding hydrogens is 466 g/mol. The molecule has 3 aromatic heterocycles. The highest BCUT2D eigenvalue weighted by atomic mass is 16.5. The number of benzene rings is 2. The van der Waals surface area contributed by atoms with Crippen LogP contribution < -0.4 is 9.64 Å². The van der Waals surface area contributed by atoms with Crippen LogP contribution in [0.2, 0.25) is 0 Å². The molecule has 186 valence electrons. The Morgan fingerprint density at radius 2 is 1.76 bits per heavy atom. The first-order chi connectivity index (χ1) is 18.1. The fourth-order valence-corrected chi connectivity index (χ4v) is 4.77. The van der Waals surface area contributed by atoms with E-state index in [0.717, 1.165) is 30.2 Å². The standard InChI is InChI=1S/C28H27N7O2/c1-20-6-8-21(9-7-20)32-14-16-33(17-15-32)28(36)26-25-19-29-12-13-34(25)27(31-26)24-10-11-30-35(24)22-4-3-5-23(18-22)37-2/h3-13,18-19H,14-17H2,1-2H3. The lowest BCUT2D eigenvalue weighted by molar-refractivity contribution is 0.0743. The zero-order chi connectivity index (χ0) is 25.4. The van der Waals surface area contributed by atoms with Gasteiger partial charge in [-0.2, -0.15) is 5.10 Å². The van der Waals surface area contributed by atoms with E-state index in [2.05, 4.69) is 46.2 Å². The Morgan fingerprint density at radius 1 is 0.946 bits per heavy atom. The monoisotopic (exact) mass is 493 g/mol. The summed E-state index contributed by atoms with van der Waals surface area (Å²) in [6.07, 6.45) is 6.94. The van der Waals surface area contributed by atoms with Gasteiger partial charge in [-0.25, -0.2) is 9.67 Å². The number of methoxy groups -OCH3 is 1. The third-order valence-electron chi connectivity index (χ3n) is 6.78. The van der Waals surface area contributed by atoms with Crippen molar-refractivity contribution in [3.8, 4) is 23.0 Å². The summed E-state index contributed by atoms with van der Waals surface area (Å²) in [5.74, 6) is 1.27. The number of ether oxygens (including phenoxy) is 1. The summed E-state index contributed by atoms with van der Waals surface area (Å²) in [5, 5.41) is 4.52. The zero-order valence-corrected chi connectivity index (χ0v) is 20.8. The second-order valence-electron chi connectivity index (χ2n) is 9.06. The molecule has 1 aliphatic rings. The van der Waals surface area contributed by atoms with Crippen LogP contribution in [0.1, 0.15) is 16.1 Å². The van der Waals surface area contributed by atoms with Crippen molar-refractivity contribution in [3.05, 3.63) is 90.6 Å². The number of aromatic nitrogens is 5. The summed E-state index contributed by atoms with van der Waals surface area (Å²) in [6.45, 7) is 4.89. The van der Waals surface area contributed by atoms with Gasteiger partial charge in [0.05, 0.1) is 30.7 Å². The van der Waals surface area contributed by atoms with E-state index in [9.17, 15) is 4.79 Å². The molecule has 0 unspecified atom stereocenters. The predicted octanol–water partition coefficient (Wildman–Crippen LogP) is 3.86. The number of nitrogens with zero attached hydrogens (tertiary/aromatic N) is 7. The Labute approximate surface area is 214 Å². The van der Waals surface area contributed by atoms with Gasteiger partial charge in [0.25, 0.3) is 5.91 Å². The van der Waals surface area contributed by atoms with Crippen LogP contribution >= 0.6 is 0 Å². The van der Waals surface area contributed by atoms with E-state index in [1.807, 2.05) is 45.8 Å². The van der Waals surface area contributed by atoms with E-state index in [4.69, 9.17) is 9.72 Å². The van der Waals surface area contributed by atoms with E-state index >= 15 is 0 Å². The van der Waals surface area contributed by atoms with Gasteiger partial charge in [0.1, 0.15) is 11.4 Å². The van der Waals surface area contributed by atoms with Crippen LogP contribution in [0.25, 0.3) is 22.7 Å². The molecule has 0 bridgehead atoms.